The summed E-state index contributed by atoms with van der Waals surface area (Å²) in [5.41, 5.74) is -1.19. The summed E-state index contributed by atoms with van der Waals surface area (Å²) in [7, 11) is 1.64. The SMILES string of the molecule is CNCC1(O)c2cc(C(F)(F)F)ccc2COc2ccccc21. The van der Waals surface area contributed by atoms with E-state index < -0.39 is 17.3 Å². The summed E-state index contributed by atoms with van der Waals surface area (Å²) in [5.74, 6) is 0.468. The fraction of sp³-hybridized carbons (Fsp3) is 0.294. The third-order valence-electron chi connectivity index (χ3n) is 4.03. The maximum Gasteiger partial charge on any atom is 0.416 e. The largest absolute Gasteiger partial charge is 0.488 e. The van der Waals surface area contributed by atoms with Gasteiger partial charge in [-0.3, -0.25) is 0 Å². The lowest BCUT2D eigenvalue weighted by Gasteiger charge is -2.30. The third-order valence-corrected chi connectivity index (χ3v) is 4.03. The van der Waals surface area contributed by atoms with E-state index in [4.69, 9.17) is 4.74 Å². The van der Waals surface area contributed by atoms with Crippen molar-refractivity contribution < 1.29 is 23.0 Å². The number of rotatable bonds is 2. The Bertz CT molecular complexity index is 730. The van der Waals surface area contributed by atoms with Crippen molar-refractivity contribution >= 4 is 0 Å². The average Bonchev–Trinajstić information content (AvgIpc) is 2.63. The van der Waals surface area contributed by atoms with Crippen molar-refractivity contribution in [2.24, 2.45) is 0 Å². The zero-order valence-corrected chi connectivity index (χ0v) is 12.4. The molecule has 1 aliphatic rings. The number of ether oxygens (including phenoxy) is 1. The average molecular weight is 323 g/mol. The quantitative estimate of drug-likeness (QED) is 0.892. The third kappa shape index (κ3) is 2.68. The number of nitrogens with one attached hydrogen (secondary N) is 1. The Hall–Kier alpha value is -2.05. The van der Waals surface area contributed by atoms with Gasteiger partial charge in [0.2, 0.25) is 0 Å². The summed E-state index contributed by atoms with van der Waals surface area (Å²) >= 11 is 0. The molecule has 0 aliphatic carbocycles. The predicted octanol–water partition coefficient (Wildman–Crippen LogP) is 3.05. The number of fused-ring (bicyclic) bond motifs is 2. The number of halogens is 3. The van der Waals surface area contributed by atoms with Gasteiger partial charge >= 0.3 is 6.18 Å². The lowest BCUT2D eigenvalue weighted by atomic mass is 9.83. The van der Waals surface area contributed by atoms with Crippen LogP contribution < -0.4 is 10.1 Å². The first-order valence-corrected chi connectivity index (χ1v) is 7.16. The van der Waals surface area contributed by atoms with Crippen LogP contribution in [0.3, 0.4) is 0 Å². The molecule has 2 N–H and O–H groups in total. The molecule has 0 aromatic heterocycles. The van der Waals surface area contributed by atoms with Crippen molar-refractivity contribution in [2.75, 3.05) is 13.6 Å². The fourth-order valence-corrected chi connectivity index (χ4v) is 2.94. The molecule has 0 saturated heterocycles. The van der Waals surface area contributed by atoms with Gasteiger partial charge in [0.25, 0.3) is 0 Å². The molecule has 23 heavy (non-hydrogen) atoms. The van der Waals surface area contributed by atoms with Gasteiger partial charge in [-0.2, -0.15) is 13.2 Å². The molecule has 0 bridgehead atoms. The molecule has 0 fully saturated rings. The summed E-state index contributed by atoms with van der Waals surface area (Å²) < 4.78 is 44.9. The van der Waals surface area contributed by atoms with Crippen LogP contribution in [0.1, 0.15) is 22.3 Å². The number of benzene rings is 2. The zero-order valence-electron chi connectivity index (χ0n) is 12.4. The van der Waals surface area contributed by atoms with E-state index in [-0.39, 0.29) is 18.7 Å². The van der Waals surface area contributed by atoms with E-state index in [1.807, 2.05) is 0 Å². The van der Waals surface area contributed by atoms with E-state index in [0.717, 1.165) is 12.1 Å². The van der Waals surface area contributed by atoms with Crippen LogP contribution in [0, 0.1) is 0 Å². The first kappa shape index (κ1) is 15.8. The molecule has 1 unspecified atom stereocenters. The van der Waals surface area contributed by atoms with Crippen LogP contribution >= 0.6 is 0 Å². The highest BCUT2D eigenvalue weighted by Gasteiger charge is 2.40. The van der Waals surface area contributed by atoms with Crippen molar-refractivity contribution in [2.45, 2.75) is 18.4 Å². The predicted molar refractivity (Wildman–Crippen MR) is 79.1 cm³/mol. The molecule has 0 radical (unpaired) electrons. The van der Waals surface area contributed by atoms with E-state index in [9.17, 15) is 18.3 Å². The van der Waals surface area contributed by atoms with Crippen LogP contribution in [0.15, 0.2) is 42.5 Å². The standard InChI is InChI=1S/C17H16F3NO2/c1-21-10-16(22)13-4-2-3-5-15(13)23-9-11-6-7-12(8-14(11)16)17(18,19)20/h2-8,21-22H,9-10H2,1H3. The summed E-state index contributed by atoms with van der Waals surface area (Å²) in [6.07, 6.45) is -4.47. The van der Waals surface area contributed by atoms with Gasteiger partial charge in [0.05, 0.1) is 5.56 Å². The van der Waals surface area contributed by atoms with Crippen LogP contribution in [0.5, 0.6) is 5.75 Å². The molecule has 2 aromatic carbocycles. The van der Waals surface area contributed by atoms with Gasteiger partial charge in [0.15, 0.2) is 0 Å². The molecule has 1 aliphatic heterocycles. The normalized spacial score (nSPS) is 20.2. The fourth-order valence-electron chi connectivity index (χ4n) is 2.94. The minimum absolute atomic E-state index is 0.0711. The van der Waals surface area contributed by atoms with E-state index in [1.54, 1.807) is 31.3 Å². The zero-order chi connectivity index (χ0) is 16.7. The molecule has 3 rings (SSSR count). The van der Waals surface area contributed by atoms with E-state index in [1.165, 1.54) is 6.07 Å². The van der Waals surface area contributed by atoms with Crippen LogP contribution in [0.4, 0.5) is 13.2 Å². The molecule has 1 heterocycles. The minimum atomic E-state index is -4.47. The molecule has 0 saturated carbocycles. The molecule has 6 heteroatoms. The Morgan fingerprint density at radius 1 is 1.17 bits per heavy atom. The van der Waals surface area contributed by atoms with Crippen molar-refractivity contribution in [3.8, 4) is 5.75 Å². The second-order valence-electron chi connectivity index (χ2n) is 5.55. The number of hydrogen-bond donors (Lipinski definition) is 2. The first-order chi connectivity index (χ1) is 10.9. The Labute approximate surface area is 131 Å². The Morgan fingerprint density at radius 3 is 2.61 bits per heavy atom. The van der Waals surface area contributed by atoms with Crippen LogP contribution in [0.2, 0.25) is 0 Å². The Morgan fingerprint density at radius 2 is 1.91 bits per heavy atom. The molecule has 122 valence electrons. The Kier molecular flexibility index (Phi) is 3.82. The monoisotopic (exact) mass is 323 g/mol. The van der Waals surface area contributed by atoms with E-state index >= 15 is 0 Å². The number of likely N-dealkylation sites (N-methyl/N-ethyl adjacent to an activating group) is 1. The van der Waals surface area contributed by atoms with Gasteiger partial charge in [-0.15, -0.1) is 0 Å². The van der Waals surface area contributed by atoms with Gasteiger partial charge in [-0.05, 0) is 36.4 Å². The van der Waals surface area contributed by atoms with Crippen LogP contribution in [-0.4, -0.2) is 18.7 Å². The molecule has 3 nitrogen and oxygen atoms in total. The van der Waals surface area contributed by atoms with Gasteiger partial charge in [-0.25, -0.2) is 0 Å². The van der Waals surface area contributed by atoms with Crippen molar-refractivity contribution in [1.29, 1.82) is 0 Å². The highest BCUT2D eigenvalue weighted by atomic mass is 19.4. The first-order valence-electron chi connectivity index (χ1n) is 7.16. The summed E-state index contributed by atoms with van der Waals surface area (Å²) in [4.78, 5) is 0. The topological polar surface area (TPSA) is 41.5 Å². The molecule has 0 amide bonds. The van der Waals surface area contributed by atoms with E-state index in [2.05, 4.69) is 5.32 Å². The van der Waals surface area contributed by atoms with E-state index in [0.29, 0.717) is 16.9 Å². The molecule has 1 atom stereocenters. The number of aliphatic hydroxyl groups is 1. The van der Waals surface area contributed by atoms with Gasteiger partial charge < -0.3 is 15.2 Å². The van der Waals surface area contributed by atoms with Gasteiger partial charge in [-0.1, -0.05) is 24.3 Å². The van der Waals surface area contributed by atoms with Crippen molar-refractivity contribution in [1.82, 2.24) is 5.32 Å². The maximum atomic E-state index is 13.1. The van der Waals surface area contributed by atoms with Gasteiger partial charge in [0.1, 0.15) is 18.0 Å². The number of hydrogen-bond acceptors (Lipinski definition) is 3. The smallest absolute Gasteiger partial charge is 0.416 e. The van der Waals surface area contributed by atoms with Gasteiger partial charge in [0, 0.05) is 12.1 Å². The second kappa shape index (κ2) is 5.54. The molecular formula is C17H16F3NO2. The highest BCUT2D eigenvalue weighted by molar-refractivity contribution is 5.51. The second-order valence-corrected chi connectivity index (χ2v) is 5.55. The summed E-state index contributed by atoms with van der Waals surface area (Å²) in [5, 5.41) is 14.1. The molecule has 2 aromatic rings. The molecule has 0 spiro atoms. The van der Waals surface area contributed by atoms with Crippen LogP contribution in [0.25, 0.3) is 0 Å². The number of alkyl halides is 3. The summed E-state index contributed by atoms with van der Waals surface area (Å²) in [6, 6.07) is 10.2. The summed E-state index contributed by atoms with van der Waals surface area (Å²) in [6.45, 7) is 0.179. The molecular weight excluding hydrogens is 307 g/mol. The van der Waals surface area contributed by atoms with Crippen molar-refractivity contribution in [3.05, 3.63) is 64.7 Å². The van der Waals surface area contributed by atoms with Crippen LogP contribution in [-0.2, 0) is 18.4 Å². The lowest BCUT2D eigenvalue weighted by molar-refractivity contribution is -0.137. The number of para-hydroxylation sites is 1. The lowest BCUT2D eigenvalue weighted by Crippen LogP contribution is -2.38. The van der Waals surface area contributed by atoms with Crippen molar-refractivity contribution in [3.63, 3.8) is 0 Å². The Balaban J connectivity index is 2.25. The minimum Gasteiger partial charge on any atom is -0.488 e. The highest BCUT2D eigenvalue weighted by Crippen LogP contribution is 2.42. The maximum absolute atomic E-state index is 13.1.